The molecule has 2 aromatic rings. The molecule has 6 nitrogen and oxygen atoms in total. The zero-order valence-corrected chi connectivity index (χ0v) is 15.6. The lowest BCUT2D eigenvalue weighted by Gasteiger charge is -2.29. The van der Waals surface area contributed by atoms with E-state index in [0.29, 0.717) is 11.5 Å². The number of amides is 1. The van der Waals surface area contributed by atoms with E-state index in [0.717, 1.165) is 20.0 Å². The summed E-state index contributed by atoms with van der Waals surface area (Å²) in [4.78, 5) is 19.5. The second-order valence-electron chi connectivity index (χ2n) is 7.03. The molecule has 0 fully saturated rings. The highest BCUT2D eigenvalue weighted by atomic mass is 19.4. The Morgan fingerprint density at radius 2 is 2.00 bits per heavy atom. The van der Waals surface area contributed by atoms with Gasteiger partial charge < -0.3 is 10.3 Å². The van der Waals surface area contributed by atoms with E-state index in [1.54, 1.807) is 13.8 Å². The van der Waals surface area contributed by atoms with Crippen LogP contribution >= 0.6 is 0 Å². The standard InChI is InChI=1S/C17H23F4N5O/c1-5-26-14(11(18)8-23-26)15(27)25-12(13-9-22-10(2)24-13)6-7-16(3,4)17(19,20)21/h8-9,12H,5-7H2,1-4H3,(H,22,24)(H,25,27). The molecule has 0 aromatic carbocycles. The Morgan fingerprint density at radius 1 is 1.33 bits per heavy atom. The summed E-state index contributed by atoms with van der Waals surface area (Å²) in [5, 5.41) is 6.38. The summed E-state index contributed by atoms with van der Waals surface area (Å²) in [5.41, 5.74) is -1.72. The number of aromatic nitrogens is 4. The lowest BCUT2D eigenvalue weighted by atomic mass is 9.85. The number of imidazole rings is 1. The van der Waals surface area contributed by atoms with Crippen LogP contribution in [0.4, 0.5) is 17.6 Å². The largest absolute Gasteiger partial charge is 0.393 e. The Bertz CT molecular complexity index is 794. The molecule has 1 amide bonds. The van der Waals surface area contributed by atoms with Crippen molar-refractivity contribution in [2.24, 2.45) is 5.41 Å². The number of aromatic amines is 1. The first-order chi connectivity index (χ1) is 12.5. The molecular weight excluding hydrogens is 366 g/mol. The van der Waals surface area contributed by atoms with E-state index in [9.17, 15) is 22.4 Å². The number of halogens is 4. The highest BCUT2D eigenvalue weighted by Crippen LogP contribution is 2.42. The molecular formula is C17H23F4N5O. The van der Waals surface area contributed by atoms with E-state index in [1.807, 2.05) is 0 Å². The van der Waals surface area contributed by atoms with Crippen molar-refractivity contribution in [1.29, 1.82) is 0 Å². The van der Waals surface area contributed by atoms with Crippen LogP contribution < -0.4 is 5.32 Å². The molecule has 2 N–H and O–H groups in total. The minimum atomic E-state index is -4.38. The van der Waals surface area contributed by atoms with Crippen LogP contribution in [0.5, 0.6) is 0 Å². The number of nitrogens with one attached hydrogen (secondary N) is 2. The lowest BCUT2D eigenvalue weighted by Crippen LogP contribution is -2.35. The van der Waals surface area contributed by atoms with Crippen molar-refractivity contribution in [2.75, 3.05) is 0 Å². The molecule has 0 bridgehead atoms. The van der Waals surface area contributed by atoms with E-state index < -0.39 is 29.4 Å². The smallest absolute Gasteiger partial charge is 0.344 e. The molecule has 0 saturated heterocycles. The van der Waals surface area contributed by atoms with Gasteiger partial charge >= 0.3 is 6.18 Å². The monoisotopic (exact) mass is 389 g/mol. The summed E-state index contributed by atoms with van der Waals surface area (Å²) in [6.07, 6.45) is -2.22. The summed E-state index contributed by atoms with van der Waals surface area (Å²) in [7, 11) is 0. The second kappa shape index (κ2) is 7.69. The first-order valence-corrected chi connectivity index (χ1v) is 8.56. The Morgan fingerprint density at radius 3 is 2.52 bits per heavy atom. The number of hydrogen-bond acceptors (Lipinski definition) is 3. The normalized spacial score (nSPS) is 13.6. The average molecular weight is 389 g/mol. The number of carbonyl (C=O) groups is 1. The molecule has 2 rings (SSSR count). The maximum Gasteiger partial charge on any atom is 0.393 e. The van der Waals surface area contributed by atoms with Crippen molar-refractivity contribution >= 4 is 5.91 Å². The predicted molar refractivity (Wildman–Crippen MR) is 90.5 cm³/mol. The fourth-order valence-electron chi connectivity index (χ4n) is 2.62. The zero-order chi connectivity index (χ0) is 20.4. The molecule has 150 valence electrons. The van der Waals surface area contributed by atoms with Crippen LogP contribution in [-0.2, 0) is 6.54 Å². The SMILES string of the molecule is CCn1ncc(F)c1C(=O)NC(CCC(C)(C)C(F)(F)F)c1cnc(C)[nH]1. The van der Waals surface area contributed by atoms with Gasteiger partial charge in [-0.3, -0.25) is 9.48 Å². The molecule has 27 heavy (non-hydrogen) atoms. The second-order valence-corrected chi connectivity index (χ2v) is 7.03. The number of rotatable bonds is 7. The Hall–Kier alpha value is -2.39. The Kier molecular flexibility index (Phi) is 5.96. The summed E-state index contributed by atoms with van der Waals surface area (Å²) < 4.78 is 54.6. The van der Waals surface area contributed by atoms with Crippen LogP contribution in [0.3, 0.4) is 0 Å². The van der Waals surface area contributed by atoms with Crippen LogP contribution in [0, 0.1) is 18.2 Å². The molecule has 0 aliphatic rings. The lowest BCUT2D eigenvalue weighted by molar-refractivity contribution is -0.214. The quantitative estimate of drug-likeness (QED) is 0.705. The molecule has 0 aliphatic carbocycles. The molecule has 2 heterocycles. The van der Waals surface area contributed by atoms with Gasteiger partial charge in [0.2, 0.25) is 0 Å². The Labute approximate surface area is 154 Å². The third-order valence-electron chi connectivity index (χ3n) is 4.54. The first kappa shape index (κ1) is 20.9. The van der Waals surface area contributed by atoms with Gasteiger partial charge in [0.1, 0.15) is 5.82 Å². The van der Waals surface area contributed by atoms with Crippen LogP contribution in [0.2, 0.25) is 0 Å². The molecule has 0 radical (unpaired) electrons. The minimum absolute atomic E-state index is 0.00175. The van der Waals surface area contributed by atoms with Gasteiger partial charge in [-0.1, -0.05) is 13.8 Å². The van der Waals surface area contributed by atoms with Gasteiger partial charge in [0.25, 0.3) is 5.91 Å². The number of H-pyrrole nitrogens is 1. The van der Waals surface area contributed by atoms with Crippen LogP contribution in [-0.4, -0.2) is 31.8 Å². The topological polar surface area (TPSA) is 75.6 Å². The molecule has 1 atom stereocenters. The van der Waals surface area contributed by atoms with E-state index in [4.69, 9.17) is 0 Å². The fraction of sp³-hybridized carbons (Fsp3) is 0.588. The average Bonchev–Trinajstić information content (AvgIpc) is 3.15. The summed E-state index contributed by atoms with van der Waals surface area (Å²) in [5.74, 6) is -0.970. The highest BCUT2D eigenvalue weighted by Gasteiger charge is 2.47. The molecule has 0 spiro atoms. The van der Waals surface area contributed by atoms with Gasteiger partial charge in [-0.15, -0.1) is 0 Å². The van der Waals surface area contributed by atoms with E-state index >= 15 is 0 Å². The molecule has 0 saturated carbocycles. The first-order valence-electron chi connectivity index (χ1n) is 8.56. The number of hydrogen-bond donors (Lipinski definition) is 2. The van der Waals surface area contributed by atoms with Gasteiger partial charge in [-0.25, -0.2) is 9.37 Å². The summed E-state index contributed by atoms with van der Waals surface area (Å²) >= 11 is 0. The van der Waals surface area contributed by atoms with E-state index in [-0.39, 0.29) is 25.1 Å². The number of carbonyl (C=O) groups excluding carboxylic acids is 1. The van der Waals surface area contributed by atoms with Gasteiger partial charge in [0.05, 0.1) is 29.5 Å². The zero-order valence-electron chi connectivity index (χ0n) is 15.6. The van der Waals surface area contributed by atoms with Crippen LogP contribution in [0.25, 0.3) is 0 Å². The van der Waals surface area contributed by atoms with E-state index in [2.05, 4.69) is 20.4 Å². The molecule has 10 heteroatoms. The van der Waals surface area contributed by atoms with Crippen molar-refractivity contribution in [1.82, 2.24) is 25.1 Å². The third-order valence-corrected chi connectivity index (χ3v) is 4.54. The van der Waals surface area contributed by atoms with Crippen molar-refractivity contribution in [3.05, 3.63) is 35.4 Å². The van der Waals surface area contributed by atoms with Crippen molar-refractivity contribution in [2.45, 2.75) is 59.3 Å². The van der Waals surface area contributed by atoms with Crippen molar-refractivity contribution < 1.29 is 22.4 Å². The van der Waals surface area contributed by atoms with Crippen LogP contribution in [0.1, 0.15) is 61.7 Å². The van der Waals surface area contributed by atoms with Gasteiger partial charge in [-0.05, 0) is 26.7 Å². The van der Waals surface area contributed by atoms with Gasteiger partial charge in [-0.2, -0.15) is 18.3 Å². The fourth-order valence-corrected chi connectivity index (χ4v) is 2.62. The van der Waals surface area contributed by atoms with Crippen molar-refractivity contribution in [3.8, 4) is 0 Å². The maximum absolute atomic E-state index is 13.9. The molecule has 2 aromatic heterocycles. The van der Waals surface area contributed by atoms with Crippen LogP contribution in [0.15, 0.2) is 12.4 Å². The predicted octanol–water partition coefficient (Wildman–Crippen LogP) is 3.91. The Balaban J connectivity index is 2.23. The minimum Gasteiger partial charge on any atom is -0.344 e. The van der Waals surface area contributed by atoms with E-state index in [1.165, 1.54) is 10.9 Å². The molecule has 1 unspecified atom stereocenters. The van der Waals surface area contributed by atoms with Gasteiger partial charge in [0.15, 0.2) is 11.5 Å². The van der Waals surface area contributed by atoms with Crippen molar-refractivity contribution in [3.63, 3.8) is 0 Å². The number of aryl methyl sites for hydroxylation is 2. The number of nitrogens with zero attached hydrogens (tertiary/aromatic N) is 3. The summed E-state index contributed by atoms with van der Waals surface area (Å²) in [6, 6.07) is -0.778. The highest BCUT2D eigenvalue weighted by molar-refractivity contribution is 5.93. The summed E-state index contributed by atoms with van der Waals surface area (Å²) in [6.45, 7) is 5.88. The molecule has 0 aliphatic heterocycles. The third kappa shape index (κ3) is 4.67. The van der Waals surface area contributed by atoms with Gasteiger partial charge in [0, 0.05) is 6.54 Å². The number of alkyl halides is 3. The maximum atomic E-state index is 13.9.